The highest BCUT2D eigenvalue weighted by Gasteiger charge is 2.19. The van der Waals surface area contributed by atoms with E-state index in [1.807, 2.05) is 6.08 Å². The van der Waals surface area contributed by atoms with Gasteiger partial charge in [-0.2, -0.15) is 0 Å². The maximum Gasteiger partial charge on any atom is 0.306 e. The molecule has 0 aliphatic heterocycles. The first-order valence-electron chi connectivity index (χ1n) is 35.7. The molecule has 478 valence electrons. The standard InChI is InChI=1S/C77H134O6/c1-4-7-10-13-16-19-22-25-28-31-34-36-38-40-43-46-49-52-55-58-61-64-67-70-76(79)82-73-74(72-81-75(78)69-66-63-60-57-54-51-48-45-42-33-30-27-24-21-18-15-12-9-6-3)83-77(80)71-68-65-62-59-56-53-50-47-44-41-39-37-35-32-29-26-23-20-17-14-11-8-5-2/h9,12,18,21-22,25,27,30-31,34,42,45,51,54,60,63,74H,4-8,10-11,13-17,19-20,23-24,26,28-29,32-33,35-41,43-44,46-50,52-53,55-59,61-62,64-73H2,1-3H3/b12-9-,21-18-,25-22-,30-27-,34-31-,45-42-,54-51-,63-60-. The lowest BCUT2D eigenvalue weighted by molar-refractivity contribution is -0.166. The van der Waals surface area contributed by atoms with Crippen LogP contribution in [0.25, 0.3) is 0 Å². The van der Waals surface area contributed by atoms with Crippen molar-refractivity contribution >= 4 is 17.9 Å². The molecule has 0 amide bonds. The number of ether oxygens (including phenoxy) is 3. The van der Waals surface area contributed by atoms with Crippen LogP contribution in [0.2, 0.25) is 0 Å². The van der Waals surface area contributed by atoms with E-state index in [-0.39, 0.29) is 37.5 Å². The van der Waals surface area contributed by atoms with E-state index in [4.69, 9.17) is 14.2 Å². The van der Waals surface area contributed by atoms with Crippen molar-refractivity contribution in [2.24, 2.45) is 0 Å². The summed E-state index contributed by atoms with van der Waals surface area (Å²) in [6.07, 6.45) is 95.9. The van der Waals surface area contributed by atoms with Crippen molar-refractivity contribution in [2.75, 3.05) is 13.2 Å². The fourth-order valence-corrected chi connectivity index (χ4v) is 10.3. The lowest BCUT2D eigenvalue weighted by Crippen LogP contribution is -2.30. The number of allylic oxidation sites excluding steroid dienone is 16. The molecule has 0 rings (SSSR count). The Balaban J connectivity index is 4.42. The molecule has 0 fully saturated rings. The summed E-state index contributed by atoms with van der Waals surface area (Å²) in [6.45, 7) is 6.50. The van der Waals surface area contributed by atoms with Crippen LogP contribution in [0.4, 0.5) is 0 Å². The fourth-order valence-electron chi connectivity index (χ4n) is 10.3. The topological polar surface area (TPSA) is 78.9 Å². The first-order valence-corrected chi connectivity index (χ1v) is 35.7. The lowest BCUT2D eigenvalue weighted by atomic mass is 10.0. The molecule has 0 bridgehead atoms. The number of hydrogen-bond donors (Lipinski definition) is 0. The first-order chi connectivity index (χ1) is 41.0. The molecule has 0 radical (unpaired) electrons. The third-order valence-corrected chi connectivity index (χ3v) is 15.6. The van der Waals surface area contributed by atoms with Crippen LogP contribution in [-0.4, -0.2) is 37.2 Å². The van der Waals surface area contributed by atoms with Gasteiger partial charge in [0, 0.05) is 19.3 Å². The summed E-state index contributed by atoms with van der Waals surface area (Å²) in [5.74, 6) is -0.970. The van der Waals surface area contributed by atoms with Crippen molar-refractivity contribution < 1.29 is 28.6 Å². The quantitative estimate of drug-likeness (QED) is 0.0261. The number of unbranched alkanes of at least 4 members (excludes halogenated alkanes) is 38. The van der Waals surface area contributed by atoms with Crippen molar-refractivity contribution in [3.8, 4) is 0 Å². The van der Waals surface area contributed by atoms with E-state index in [2.05, 4.69) is 112 Å². The number of hydrogen-bond acceptors (Lipinski definition) is 6. The lowest BCUT2D eigenvalue weighted by Gasteiger charge is -2.18. The largest absolute Gasteiger partial charge is 0.462 e. The van der Waals surface area contributed by atoms with Crippen molar-refractivity contribution in [3.63, 3.8) is 0 Å². The van der Waals surface area contributed by atoms with Crippen molar-refractivity contribution in [3.05, 3.63) is 97.2 Å². The summed E-state index contributed by atoms with van der Waals surface area (Å²) in [4.78, 5) is 38.5. The van der Waals surface area contributed by atoms with Gasteiger partial charge in [0.05, 0.1) is 0 Å². The highest BCUT2D eigenvalue weighted by molar-refractivity contribution is 5.71. The van der Waals surface area contributed by atoms with Gasteiger partial charge in [-0.1, -0.05) is 343 Å². The Morgan fingerprint density at radius 3 is 0.807 bits per heavy atom. The molecule has 0 N–H and O–H groups in total. The van der Waals surface area contributed by atoms with E-state index in [1.165, 1.54) is 225 Å². The summed E-state index contributed by atoms with van der Waals surface area (Å²) < 4.78 is 16.9. The van der Waals surface area contributed by atoms with Crippen molar-refractivity contribution in [1.29, 1.82) is 0 Å². The molecule has 0 saturated heterocycles. The SMILES string of the molecule is CC/C=C\C/C=C\C/C=C\C/C=C\C/C=C\C/C=C\CCC(=O)OCC(COC(=O)CCCCCCCCCCCCC/C=C\C/C=C\CCCCCCC)OC(=O)CCCCCCCCCCCCCCCCCCCCCCCCC. The van der Waals surface area contributed by atoms with Gasteiger partial charge in [-0.15, -0.1) is 0 Å². The zero-order valence-electron chi connectivity index (χ0n) is 54.9. The molecule has 0 aliphatic carbocycles. The summed E-state index contributed by atoms with van der Waals surface area (Å²) in [6, 6.07) is 0. The average Bonchev–Trinajstić information content (AvgIpc) is 3.49. The molecule has 0 aromatic rings. The Morgan fingerprint density at radius 2 is 0.494 bits per heavy atom. The van der Waals surface area contributed by atoms with Crippen LogP contribution in [0.3, 0.4) is 0 Å². The van der Waals surface area contributed by atoms with E-state index in [9.17, 15) is 14.4 Å². The van der Waals surface area contributed by atoms with Gasteiger partial charge in [0.2, 0.25) is 0 Å². The van der Waals surface area contributed by atoms with Crippen LogP contribution in [0.5, 0.6) is 0 Å². The minimum Gasteiger partial charge on any atom is -0.462 e. The highest BCUT2D eigenvalue weighted by atomic mass is 16.6. The molecule has 0 aliphatic rings. The van der Waals surface area contributed by atoms with Crippen molar-refractivity contribution in [1.82, 2.24) is 0 Å². The van der Waals surface area contributed by atoms with E-state index < -0.39 is 6.10 Å². The minimum absolute atomic E-state index is 0.0991. The molecular formula is C77H134O6. The van der Waals surface area contributed by atoms with Gasteiger partial charge in [0.25, 0.3) is 0 Å². The number of esters is 3. The minimum atomic E-state index is -0.810. The second kappa shape index (κ2) is 70.8. The predicted octanol–water partition coefficient (Wildman–Crippen LogP) is 24.8. The highest BCUT2D eigenvalue weighted by Crippen LogP contribution is 2.18. The third kappa shape index (κ3) is 69.0. The summed E-state index contributed by atoms with van der Waals surface area (Å²) in [5, 5.41) is 0. The Labute approximate surface area is 515 Å². The van der Waals surface area contributed by atoms with Gasteiger partial charge in [0.15, 0.2) is 6.10 Å². The molecule has 83 heavy (non-hydrogen) atoms. The summed E-state index contributed by atoms with van der Waals surface area (Å²) in [5.41, 5.74) is 0. The third-order valence-electron chi connectivity index (χ3n) is 15.6. The molecule has 1 unspecified atom stereocenters. The number of carbonyl (C=O) groups excluding carboxylic acids is 3. The second-order valence-electron chi connectivity index (χ2n) is 23.8. The zero-order valence-corrected chi connectivity index (χ0v) is 54.9. The Morgan fingerprint density at radius 1 is 0.253 bits per heavy atom. The monoisotopic (exact) mass is 1160 g/mol. The van der Waals surface area contributed by atoms with Gasteiger partial charge in [-0.3, -0.25) is 14.4 Å². The molecule has 0 saturated carbocycles. The molecule has 0 heterocycles. The van der Waals surface area contributed by atoms with E-state index in [0.717, 1.165) is 83.5 Å². The normalized spacial score (nSPS) is 12.7. The van der Waals surface area contributed by atoms with E-state index in [1.54, 1.807) is 0 Å². The van der Waals surface area contributed by atoms with Crippen LogP contribution in [-0.2, 0) is 28.6 Å². The smallest absolute Gasteiger partial charge is 0.306 e. The first kappa shape index (κ1) is 79.3. The maximum atomic E-state index is 13.0. The number of carbonyl (C=O) groups is 3. The molecule has 0 aromatic heterocycles. The summed E-state index contributed by atoms with van der Waals surface area (Å²) >= 11 is 0. The molecule has 0 aromatic carbocycles. The predicted molar refractivity (Wildman–Crippen MR) is 362 cm³/mol. The molecular weight excluding hydrogens is 1020 g/mol. The van der Waals surface area contributed by atoms with Crippen LogP contribution in [0.1, 0.15) is 355 Å². The van der Waals surface area contributed by atoms with Gasteiger partial charge in [0.1, 0.15) is 13.2 Å². The van der Waals surface area contributed by atoms with Gasteiger partial charge in [-0.25, -0.2) is 0 Å². The molecule has 6 nitrogen and oxygen atoms in total. The Bertz CT molecular complexity index is 1610. The van der Waals surface area contributed by atoms with Gasteiger partial charge < -0.3 is 14.2 Å². The molecule has 0 spiro atoms. The van der Waals surface area contributed by atoms with Crippen molar-refractivity contribution in [2.45, 2.75) is 361 Å². The Kier molecular flexibility index (Phi) is 67.7. The second-order valence-corrected chi connectivity index (χ2v) is 23.8. The molecule has 6 heteroatoms. The maximum absolute atomic E-state index is 13.0. The van der Waals surface area contributed by atoms with Crippen LogP contribution in [0.15, 0.2) is 97.2 Å². The van der Waals surface area contributed by atoms with Crippen LogP contribution < -0.4 is 0 Å². The Hall–Kier alpha value is -3.67. The molecule has 1 atom stereocenters. The van der Waals surface area contributed by atoms with E-state index >= 15 is 0 Å². The van der Waals surface area contributed by atoms with Crippen LogP contribution in [0, 0.1) is 0 Å². The van der Waals surface area contributed by atoms with Crippen LogP contribution >= 0.6 is 0 Å². The van der Waals surface area contributed by atoms with Gasteiger partial charge >= 0.3 is 17.9 Å². The fraction of sp³-hybridized carbons (Fsp3) is 0.753. The zero-order chi connectivity index (χ0) is 59.9. The average molecular weight is 1160 g/mol. The number of rotatable bonds is 65. The van der Waals surface area contributed by atoms with E-state index in [0.29, 0.717) is 19.3 Å². The van der Waals surface area contributed by atoms with Gasteiger partial charge in [-0.05, 0) is 89.9 Å². The summed E-state index contributed by atoms with van der Waals surface area (Å²) in [7, 11) is 0.